The highest BCUT2D eigenvalue weighted by atomic mass is 16.5. The number of ether oxygens (including phenoxy) is 2. The Morgan fingerprint density at radius 1 is 0.958 bits per heavy atom. The van der Waals surface area contributed by atoms with Crippen LogP contribution in [0.3, 0.4) is 0 Å². The van der Waals surface area contributed by atoms with Gasteiger partial charge in [0.15, 0.2) is 11.5 Å². The Balaban J connectivity index is 1.92. The minimum atomic E-state index is -0.172. The molecule has 2 aromatic rings. The van der Waals surface area contributed by atoms with Crippen molar-refractivity contribution in [3.63, 3.8) is 0 Å². The van der Waals surface area contributed by atoms with Crippen LogP contribution in [0.2, 0.25) is 0 Å². The summed E-state index contributed by atoms with van der Waals surface area (Å²) in [6.45, 7) is 1.89. The monoisotopic (exact) mass is 326 g/mol. The van der Waals surface area contributed by atoms with Crippen LogP contribution >= 0.6 is 0 Å². The van der Waals surface area contributed by atoms with Crippen LogP contribution in [0.25, 0.3) is 0 Å². The maximum Gasteiger partial charge on any atom is 0.244 e. The number of carbonyl (C=O) groups excluding carboxylic acids is 1. The Morgan fingerprint density at radius 3 is 2.33 bits per heavy atom. The largest absolute Gasteiger partial charge is 0.493 e. The molecule has 1 N–H and O–H groups in total. The van der Waals surface area contributed by atoms with E-state index < -0.39 is 0 Å². The first-order chi connectivity index (χ1) is 11.6. The molecular formula is C19H22N2O3. The third-order valence-corrected chi connectivity index (χ3v) is 3.49. The molecule has 5 heteroatoms. The number of benzene rings is 2. The number of nitrogens with one attached hydrogen (secondary N) is 1. The van der Waals surface area contributed by atoms with Crippen LogP contribution in [-0.4, -0.2) is 25.8 Å². The van der Waals surface area contributed by atoms with E-state index in [1.807, 2.05) is 43.3 Å². The summed E-state index contributed by atoms with van der Waals surface area (Å²) in [5.41, 5.74) is 5.44. The molecule has 2 aromatic carbocycles. The normalized spacial score (nSPS) is 11.0. The Hall–Kier alpha value is -2.82. The zero-order valence-electron chi connectivity index (χ0n) is 14.2. The first kappa shape index (κ1) is 17.5. The van der Waals surface area contributed by atoms with Crippen LogP contribution in [0.1, 0.15) is 18.1 Å². The summed E-state index contributed by atoms with van der Waals surface area (Å²) in [6, 6.07) is 15.4. The van der Waals surface area contributed by atoms with Gasteiger partial charge in [0.05, 0.1) is 20.6 Å². The maximum atomic E-state index is 12.0. The van der Waals surface area contributed by atoms with Crippen molar-refractivity contribution < 1.29 is 14.3 Å². The second kappa shape index (κ2) is 8.72. The third-order valence-electron chi connectivity index (χ3n) is 3.49. The second-order valence-electron chi connectivity index (χ2n) is 5.41. The molecule has 0 aromatic heterocycles. The quantitative estimate of drug-likeness (QED) is 0.628. The van der Waals surface area contributed by atoms with E-state index in [0.717, 1.165) is 16.8 Å². The van der Waals surface area contributed by atoms with Crippen LogP contribution in [0.15, 0.2) is 53.6 Å². The predicted molar refractivity (Wildman–Crippen MR) is 94.6 cm³/mol. The number of nitrogens with zero attached hydrogens (tertiary/aromatic N) is 1. The fourth-order valence-electron chi connectivity index (χ4n) is 2.30. The first-order valence-electron chi connectivity index (χ1n) is 7.69. The number of methoxy groups -OCH3 is 2. The van der Waals surface area contributed by atoms with Gasteiger partial charge in [0.25, 0.3) is 0 Å². The number of amides is 1. The van der Waals surface area contributed by atoms with E-state index in [1.54, 1.807) is 26.4 Å². The molecule has 5 nitrogen and oxygen atoms in total. The molecule has 0 saturated heterocycles. The zero-order chi connectivity index (χ0) is 17.4. The summed E-state index contributed by atoms with van der Waals surface area (Å²) in [5.74, 6) is 1.07. The molecule has 0 radical (unpaired) electrons. The maximum absolute atomic E-state index is 12.0. The smallest absolute Gasteiger partial charge is 0.244 e. The van der Waals surface area contributed by atoms with Gasteiger partial charge in [-0.1, -0.05) is 36.4 Å². The Morgan fingerprint density at radius 2 is 1.67 bits per heavy atom. The lowest BCUT2D eigenvalue weighted by Crippen LogP contribution is -2.21. The molecule has 0 atom stereocenters. The van der Waals surface area contributed by atoms with Gasteiger partial charge in [0.1, 0.15) is 0 Å². The average Bonchev–Trinajstić information content (AvgIpc) is 2.60. The lowest BCUT2D eigenvalue weighted by molar-refractivity contribution is -0.120. The average molecular weight is 326 g/mol. The summed E-state index contributed by atoms with van der Waals surface area (Å²) in [6.07, 6.45) is 0.931. The van der Waals surface area contributed by atoms with E-state index in [1.165, 1.54) is 0 Å². The minimum Gasteiger partial charge on any atom is -0.493 e. The van der Waals surface area contributed by atoms with Crippen molar-refractivity contribution in [3.8, 4) is 11.5 Å². The number of carbonyl (C=O) groups is 1. The highest BCUT2D eigenvalue weighted by Crippen LogP contribution is 2.27. The Bertz CT molecular complexity index is 712. The minimum absolute atomic E-state index is 0.172. The second-order valence-corrected chi connectivity index (χ2v) is 5.41. The third kappa shape index (κ3) is 5.12. The van der Waals surface area contributed by atoms with Crippen LogP contribution < -0.4 is 14.9 Å². The van der Waals surface area contributed by atoms with Gasteiger partial charge in [-0.05, 0) is 30.2 Å². The molecule has 1 amide bonds. The van der Waals surface area contributed by atoms with Crippen molar-refractivity contribution in [1.82, 2.24) is 5.43 Å². The summed E-state index contributed by atoms with van der Waals surface area (Å²) in [4.78, 5) is 12.0. The summed E-state index contributed by atoms with van der Waals surface area (Å²) in [7, 11) is 3.15. The fourth-order valence-corrected chi connectivity index (χ4v) is 2.30. The molecule has 0 aliphatic rings. The van der Waals surface area contributed by atoms with Gasteiger partial charge in [-0.15, -0.1) is 0 Å². The predicted octanol–water partition coefficient (Wildman–Crippen LogP) is 2.98. The van der Waals surface area contributed by atoms with Gasteiger partial charge >= 0.3 is 0 Å². The lowest BCUT2D eigenvalue weighted by Gasteiger charge is -2.09. The number of rotatable bonds is 7. The summed E-state index contributed by atoms with van der Waals surface area (Å²) in [5, 5.41) is 4.15. The van der Waals surface area contributed by atoms with Gasteiger partial charge in [-0.2, -0.15) is 5.10 Å². The summed E-state index contributed by atoms with van der Waals surface area (Å²) < 4.78 is 10.4. The number of hydrogen-bond acceptors (Lipinski definition) is 4. The van der Waals surface area contributed by atoms with Crippen molar-refractivity contribution in [3.05, 3.63) is 59.7 Å². The van der Waals surface area contributed by atoms with Crippen LogP contribution in [-0.2, 0) is 17.6 Å². The molecule has 0 heterocycles. The van der Waals surface area contributed by atoms with Gasteiger partial charge in [-0.3, -0.25) is 4.79 Å². The SMILES string of the molecule is COc1ccc(CC(=O)N/N=C(/C)Cc2ccccc2)cc1OC. The molecule has 2 rings (SSSR count). The molecule has 0 unspecified atom stereocenters. The number of hydrazone groups is 1. The molecule has 0 aliphatic heterocycles. The van der Waals surface area contributed by atoms with Gasteiger partial charge in [0, 0.05) is 12.1 Å². The van der Waals surface area contributed by atoms with Crippen molar-refractivity contribution >= 4 is 11.6 Å². The van der Waals surface area contributed by atoms with E-state index in [0.29, 0.717) is 17.9 Å². The number of hydrogen-bond donors (Lipinski definition) is 1. The highest BCUT2D eigenvalue weighted by Gasteiger charge is 2.08. The van der Waals surface area contributed by atoms with Crippen LogP contribution in [0, 0.1) is 0 Å². The highest BCUT2D eigenvalue weighted by molar-refractivity contribution is 5.86. The summed E-state index contributed by atoms with van der Waals surface area (Å²) >= 11 is 0. The van der Waals surface area contributed by atoms with E-state index in [2.05, 4.69) is 10.5 Å². The molecule has 24 heavy (non-hydrogen) atoms. The van der Waals surface area contributed by atoms with E-state index in [9.17, 15) is 4.79 Å². The van der Waals surface area contributed by atoms with Crippen molar-refractivity contribution in [2.24, 2.45) is 5.10 Å². The lowest BCUT2D eigenvalue weighted by atomic mass is 10.1. The standard InChI is InChI=1S/C19H22N2O3/c1-14(11-15-7-5-4-6-8-15)20-21-19(22)13-16-9-10-17(23-2)18(12-16)24-3/h4-10,12H,11,13H2,1-3H3,(H,21,22)/b20-14-. The van der Waals surface area contributed by atoms with Crippen molar-refractivity contribution in [2.75, 3.05) is 14.2 Å². The molecular weight excluding hydrogens is 304 g/mol. The van der Waals surface area contributed by atoms with E-state index in [4.69, 9.17) is 9.47 Å². The molecule has 0 saturated carbocycles. The molecule has 126 valence electrons. The zero-order valence-corrected chi connectivity index (χ0v) is 14.2. The molecule has 0 bridgehead atoms. The molecule has 0 spiro atoms. The van der Waals surface area contributed by atoms with Crippen LogP contribution in [0.5, 0.6) is 11.5 Å². The van der Waals surface area contributed by atoms with Crippen molar-refractivity contribution in [1.29, 1.82) is 0 Å². The van der Waals surface area contributed by atoms with Gasteiger partial charge < -0.3 is 9.47 Å². The van der Waals surface area contributed by atoms with Crippen LogP contribution in [0.4, 0.5) is 0 Å². The molecule has 0 aliphatic carbocycles. The topological polar surface area (TPSA) is 59.9 Å². The first-order valence-corrected chi connectivity index (χ1v) is 7.69. The van der Waals surface area contributed by atoms with Gasteiger partial charge in [0.2, 0.25) is 5.91 Å². The van der Waals surface area contributed by atoms with Crippen molar-refractivity contribution in [2.45, 2.75) is 19.8 Å². The fraction of sp³-hybridized carbons (Fsp3) is 0.263. The van der Waals surface area contributed by atoms with E-state index in [-0.39, 0.29) is 12.3 Å². The Labute approximate surface area is 142 Å². The van der Waals surface area contributed by atoms with E-state index >= 15 is 0 Å². The van der Waals surface area contributed by atoms with Gasteiger partial charge in [-0.25, -0.2) is 5.43 Å². The Kier molecular flexibility index (Phi) is 6.37. The molecule has 0 fully saturated rings.